The van der Waals surface area contributed by atoms with Gasteiger partial charge in [0.1, 0.15) is 0 Å². The average molecular weight is 369 g/mol. The molecule has 1 aliphatic heterocycles. The quantitative estimate of drug-likeness (QED) is 0.723. The summed E-state index contributed by atoms with van der Waals surface area (Å²) >= 11 is 0. The summed E-state index contributed by atoms with van der Waals surface area (Å²) in [5.41, 5.74) is 3.63. The van der Waals surface area contributed by atoms with Crippen LogP contribution in [0.25, 0.3) is 10.9 Å². The van der Waals surface area contributed by atoms with Crippen LogP contribution < -0.4 is 10.0 Å². The molecule has 0 fully saturated rings. The summed E-state index contributed by atoms with van der Waals surface area (Å²) in [6, 6.07) is 12.8. The number of amides is 1. The highest BCUT2D eigenvalue weighted by atomic mass is 32.2. The number of hydrogen-bond acceptors (Lipinski definition) is 3. The molecule has 0 saturated heterocycles. The van der Waals surface area contributed by atoms with Gasteiger partial charge in [0.15, 0.2) is 0 Å². The van der Waals surface area contributed by atoms with Gasteiger partial charge in [-0.05, 0) is 41.8 Å². The standard InChI is InChI=1S/C19H19N3O3S/c1-22-12-13(16-4-2-3-5-18(16)22)8-9-20-26(24,25)15-6-7-17-14(10-15)11-19(23)21-17/h2-7,10,12,20H,8-9,11H2,1H3,(H,21,23). The third kappa shape index (κ3) is 3.00. The minimum atomic E-state index is -3.61. The molecular formula is C19H19N3O3S. The second kappa shape index (κ2) is 6.26. The predicted octanol–water partition coefficient (Wildman–Crippen LogP) is 2.19. The van der Waals surface area contributed by atoms with Crippen molar-refractivity contribution in [2.75, 3.05) is 11.9 Å². The second-order valence-electron chi connectivity index (χ2n) is 6.47. The molecule has 26 heavy (non-hydrogen) atoms. The van der Waals surface area contributed by atoms with Crippen molar-refractivity contribution in [2.45, 2.75) is 17.7 Å². The molecule has 0 atom stereocenters. The zero-order chi connectivity index (χ0) is 18.3. The van der Waals surface area contributed by atoms with E-state index in [-0.39, 0.29) is 17.2 Å². The molecule has 0 aliphatic carbocycles. The highest BCUT2D eigenvalue weighted by Crippen LogP contribution is 2.26. The minimum absolute atomic E-state index is 0.113. The van der Waals surface area contributed by atoms with Crippen LogP contribution in [0.3, 0.4) is 0 Å². The van der Waals surface area contributed by atoms with Crippen molar-refractivity contribution in [3.8, 4) is 0 Å². The molecule has 1 amide bonds. The fourth-order valence-corrected chi connectivity index (χ4v) is 4.48. The fourth-order valence-electron chi connectivity index (χ4n) is 3.40. The van der Waals surface area contributed by atoms with Crippen molar-refractivity contribution in [1.82, 2.24) is 9.29 Å². The second-order valence-corrected chi connectivity index (χ2v) is 8.24. The zero-order valence-electron chi connectivity index (χ0n) is 14.3. The first-order valence-corrected chi connectivity index (χ1v) is 9.88. The predicted molar refractivity (Wildman–Crippen MR) is 101 cm³/mol. The molecule has 0 radical (unpaired) electrons. The number of para-hydroxylation sites is 1. The monoisotopic (exact) mass is 369 g/mol. The summed E-state index contributed by atoms with van der Waals surface area (Å²) in [7, 11) is -1.63. The number of benzene rings is 2. The van der Waals surface area contributed by atoms with Crippen LogP contribution in [-0.4, -0.2) is 25.4 Å². The van der Waals surface area contributed by atoms with E-state index in [2.05, 4.69) is 10.0 Å². The molecule has 134 valence electrons. The molecule has 0 saturated carbocycles. The number of fused-ring (bicyclic) bond motifs is 2. The number of nitrogens with zero attached hydrogens (tertiary/aromatic N) is 1. The van der Waals surface area contributed by atoms with Gasteiger partial charge in [-0.15, -0.1) is 0 Å². The van der Waals surface area contributed by atoms with Crippen LogP contribution in [0.2, 0.25) is 0 Å². The summed E-state index contributed by atoms with van der Waals surface area (Å²) in [5.74, 6) is -0.113. The van der Waals surface area contributed by atoms with E-state index in [4.69, 9.17) is 0 Å². The topological polar surface area (TPSA) is 80.2 Å². The van der Waals surface area contributed by atoms with Gasteiger partial charge in [0.2, 0.25) is 15.9 Å². The van der Waals surface area contributed by atoms with Crippen LogP contribution in [-0.2, 0) is 34.7 Å². The zero-order valence-corrected chi connectivity index (χ0v) is 15.1. The number of carbonyl (C=O) groups excluding carboxylic acids is 1. The maximum Gasteiger partial charge on any atom is 0.240 e. The molecule has 2 aromatic carbocycles. The third-order valence-electron chi connectivity index (χ3n) is 4.68. The Balaban J connectivity index is 1.49. The number of carbonyl (C=O) groups is 1. The third-order valence-corrected chi connectivity index (χ3v) is 6.14. The van der Waals surface area contributed by atoms with Crippen LogP contribution in [0.1, 0.15) is 11.1 Å². The lowest BCUT2D eigenvalue weighted by Crippen LogP contribution is -2.26. The first-order valence-electron chi connectivity index (χ1n) is 8.39. The van der Waals surface area contributed by atoms with Gasteiger partial charge in [0, 0.05) is 36.4 Å². The Morgan fingerprint density at radius 2 is 2.00 bits per heavy atom. The maximum atomic E-state index is 12.6. The van der Waals surface area contributed by atoms with Crippen molar-refractivity contribution in [3.05, 3.63) is 59.8 Å². The van der Waals surface area contributed by atoms with E-state index in [1.54, 1.807) is 12.1 Å². The lowest BCUT2D eigenvalue weighted by atomic mass is 10.1. The van der Waals surface area contributed by atoms with Crippen molar-refractivity contribution >= 4 is 32.5 Å². The van der Waals surface area contributed by atoms with E-state index >= 15 is 0 Å². The van der Waals surface area contributed by atoms with Crippen LogP contribution in [0.15, 0.2) is 53.6 Å². The van der Waals surface area contributed by atoms with E-state index in [1.807, 2.05) is 42.1 Å². The Morgan fingerprint density at radius 3 is 2.85 bits per heavy atom. The molecule has 0 spiro atoms. The maximum absolute atomic E-state index is 12.6. The van der Waals surface area contributed by atoms with Gasteiger partial charge in [-0.3, -0.25) is 4.79 Å². The SMILES string of the molecule is Cn1cc(CCNS(=O)(=O)c2ccc3c(c2)CC(=O)N3)c2ccccc21. The number of sulfonamides is 1. The number of aromatic nitrogens is 1. The van der Waals surface area contributed by atoms with Crippen molar-refractivity contribution in [3.63, 3.8) is 0 Å². The van der Waals surface area contributed by atoms with E-state index < -0.39 is 10.0 Å². The Hall–Kier alpha value is -2.64. The summed E-state index contributed by atoms with van der Waals surface area (Å²) < 4.78 is 29.8. The normalized spacial score (nSPS) is 13.8. The number of nitrogens with one attached hydrogen (secondary N) is 2. The number of hydrogen-bond donors (Lipinski definition) is 2. The van der Waals surface area contributed by atoms with Crippen LogP contribution in [0.4, 0.5) is 5.69 Å². The molecule has 2 heterocycles. The number of rotatable bonds is 5. The van der Waals surface area contributed by atoms with Gasteiger partial charge in [-0.2, -0.15) is 0 Å². The molecule has 2 N–H and O–H groups in total. The largest absolute Gasteiger partial charge is 0.350 e. The van der Waals surface area contributed by atoms with E-state index in [0.29, 0.717) is 24.2 Å². The molecular weight excluding hydrogens is 350 g/mol. The van der Waals surface area contributed by atoms with Crippen LogP contribution in [0.5, 0.6) is 0 Å². The average Bonchev–Trinajstić information content (AvgIpc) is 3.14. The highest BCUT2D eigenvalue weighted by Gasteiger charge is 2.21. The van der Waals surface area contributed by atoms with Gasteiger partial charge in [0.05, 0.1) is 11.3 Å². The van der Waals surface area contributed by atoms with Gasteiger partial charge in [-0.1, -0.05) is 18.2 Å². The summed E-state index contributed by atoms with van der Waals surface area (Å²) in [6.45, 7) is 0.310. The van der Waals surface area contributed by atoms with Gasteiger partial charge >= 0.3 is 0 Å². The molecule has 6 nitrogen and oxygen atoms in total. The van der Waals surface area contributed by atoms with E-state index in [1.165, 1.54) is 6.07 Å². The molecule has 7 heteroatoms. The number of anilines is 1. The van der Waals surface area contributed by atoms with Gasteiger partial charge < -0.3 is 9.88 Å². The van der Waals surface area contributed by atoms with Crippen molar-refractivity contribution < 1.29 is 13.2 Å². The van der Waals surface area contributed by atoms with Crippen LogP contribution in [0, 0.1) is 0 Å². The molecule has 1 aliphatic rings. The van der Waals surface area contributed by atoms with Gasteiger partial charge in [0.25, 0.3) is 0 Å². The van der Waals surface area contributed by atoms with Crippen molar-refractivity contribution in [2.24, 2.45) is 7.05 Å². The molecule has 3 aromatic rings. The highest BCUT2D eigenvalue weighted by molar-refractivity contribution is 7.89. The smallest absolute Gasteiger partial charge is 0.240 e. The Bertz CT molecular complexity index is 1120. The van der Waals surface area contributed by atoms with E-state index in [9.17, 15) is 13.2 Å². The minimum Gasteiger partial charge on any atom is -0.350 e. The summed E-state index contributed by atoms with van der Waals surface area (Å²) in [6.07, 6.45) is 2.85. The summed E-state index contributed by atoms with van der Waals surface area (Å²) in [5, 5.41) is 3.84. The van der Waals surface area contributed by atoms with Crippen LogP contribution >= 0.6 is 0 Å². The number of aryl methyl sites for hydroxylation is 1. The van der Waals surface area contributed by atoms with Crippen molar-refractivity contribution in [1.29, 1.82) is 0 Å². The fraction of sp³-hybridized carbons (Fsp3) is 0.211. The lowest BCUT2D eigenvalue weighted by molar-refractivity contribution is -0.115. The first-order chi connectivity index (χ1) is 12.4. The lowest BCUT2D eigenvalue weighted by Gasteiger charge is -2.08. The van der Waals surface area contributed by atoms with Gasteiger partial charge in [-0.25, -0.2) is 13.1 Å². The Morgan fingerprint density at radius 1 is 1.19 bits per heavy atom. The molecule has 0 bridgehead atoms. The Kier molecular flexibility index (Phi) is 4.05. The molecule has 0 unspecified atom stereocenters. The molecule has 4 rings (SSSR count). The molecule has 1 aromatic heterocycles. The Labute approximate surface area is 151 Å². The summed E-state index contributed by atoms with van der Waals surface area (Å²) in [4.78, 5) is 11.6. The van der Waals surface area contributed by atoms with E-state index in [0.717, 1.165) is 16.5 Å². The first kappa shape index (κ1) is 16.8.